The first-order valence-electron chi connectivity index (χ1n) is 17.8. The number of nitrogen functional groups attached to an aromatic ring is 1. The van der Waals surface area contributed by atoms with Crippen LogP contribution in [0, 0.1) is 13.8 Å². The van der Waals surface area contributed by atoms with Gasteiger partial charge in [-0.25, -0.2) is 29.3 Å². The smallest absolute Gasteiger partial charge is 0.163 e. The van der Waals surface area contributed by atoms with Crippen LogP contribution in [0.5, 0.6) is 23.0 Å². The van der Waals surface area contributed by atoms with E-state index in [0.29, 0.717) is 52.3 Å². The van der Waals surface area contributed by atoms with E-state index in [2.05, 4.69) is 30.1 Å². The SMILES string of the molecule is Cc1ccc(OCc2ccccc2)cc1OCc1nn(C)c2ncnc(Cl)c12.Cc1ccc(OCc2ccccc2)cc1OCc1nn(C)c2ncnc(N)c12. The van der Waals surface area contributed by atoms with Crippen molar-refractivity contribution < 1.29 is 18.9 Å². The second kappa shape index (κ2) is 17.2. The van der Waals surface area contributed by atoms with Crippen LogP contribution in [0.4, 0.5) is 5.82 Å². The molecule has 0 saturated carbocycles. The lowest BCUT2D eigenvalue weighted by molar-refractivity contribution is 0.286. The van der Waals surface area contributed by atoms with Gasteiger partial charge in [-0.05, 0) is 48.2 Å². The van der Waals surface area contributed by atoms with Gasteiger partial charge < -0.3 is 24.7 Å². The minimum absolute atomic E-state index is 0.257. The van der Waals surface area contributed by atoms with Gasteiger partial charge in [-0.3, -0.25) is 0 Å². The minimum atomic E-state index is 0.257. The first-order valence-corrected chi connectivity index (χ1v) is 18.2. The van der Waals surface area contributed by atoms with E-state index in [1.165, 1.54) is 12.7 Å². The molecule has 56 heavy (non-hydrogen) atoms. The highest BCUT2D eigenvalue weighted by Crippen LogP contribution is 2.29. The Kier molecular flexibility index (Phi) is 11.5. The highest BCUT2D eigenvalue weighted by Gasteiger charge is 2.16. The van der Waals surface area contributed by atoms with Crippen molar-refractivity contribution >= 4 is 39.5 Å². The molecule has 0 saturated heterocycles. The van der Waals surface area contributed by atoms with Crippen LogP contribution in [-0.2, 0) is 40.5 Å². The predicted octanol–water partition coefficient (Wildman–Crippen LogP) is 7.90. The molecule has 0 aliphatic carbocycles. The molecule has 0 bridgehead atoms. The molecule has 0 aliphatic heterocycles. The molecular weight excluding hydrogens is 730 g/mol. The van der Waals surface area contributed by atoms with Gasteiger partial charge in [-0.1, -0.05) is 84.4 Å². The van der Waals surface area contributed by atoms with Crippen molar-refractivity contribution in [3.05, 3.63) is 149 Å². The zero-order valence-corrected chi connectivity index (χ0v) is 32.1. The molecule has 0 radical (unpaired) electrons. The lowest BCUT2D eigenvalue weighted by atomic mass is 10.2. The average molecular weight is 770 g/mol. The Bertz CT molecular complexity index is 2400. The van der Waals surface area contributed by atoms with Gasteiger partial charge in [0, 0.05) is 26.2 Å². The standard InChI is InChI=1S/C21H19ClN4O2.C21H21N5O2/c2*1-14-8-9-16(27-11-15-6-4-3-5-7-15)10-18(14)28-12-17-19-20(22)23-13-24-21(19)26(2)25-17/h3-10,13H,11-12H2,1-2H3;3-10,13H,11-12H2,1-2H3,(H2,22,23,24). The van der Waals surface area contributed by atoms with Crippen LogP contribution in [0.25, 0.3) is 22.1 Å². The molecule has 4 aromatic carbocycles. The molecule has 0 amide bonds. The molecule has 284 valence electrons. The van der Waals surface area contributed by atoms with Gasteiger partial charge in [-0.15, -0.1) is 0 Å². The van der Waals surface area contributed by atoms with Crippen LogP contribution in [0.2, 0.25) is 5.15 Å². The fourth-order valence-corrected chi connectivity index (χ4v) is 6.18. The molecule has 0 unspecified atom stereocenters. The topological polar surface area (TPSA) is 150 Å². The van der Waals surface area contributed by atoms with Crippen LogP contribution in [0.1, 0.15) is 33.6 Å². The van der Waals surface area contributed by atoms with Gasteiger partial charge in [0.25, 0.3) is 0 Å². The summed E-state index contributed by atoms with van der Waals surface area (Å²) in [6.45, 7) is 5.50. The number of aryl methyl sites for hydroxylation is 4. The number of anilines is 1. The van der Waals surface area contributed by atoms with E-state index in [-0.39, 0.29) is 13.2 Å². The normalized spacial score (nSPS) is 10.9. The molecule has 4 aromatic heterocycles. The first-order chi connectivity index (χ1) is 27.2. The molecule has 0 spiro atoms. The lowest BCUT2D eigenvalue weighted by Crippen LogP contribution is -2.01. The summed E-state index contributed by atoms with van der Waals surface area (Å²) >= 11 is 6.23. The van der Waals surface area contributed by atoms with Crippen LogP contribution >= 0.6 is 11.6 Å². The summed E-state index contributed by atoms with van der Waals surface area (Å²) in [7, 11) is 3.64. The van der Waals surface area contributed by atoms with Crippen molar-refractivity contribution in [3.63, 3.8) is 0 Å². The summed E-state index contributed by atoms with van der Waals surface area (Å²) in [6, 6.07) is 31.7. The molecule has 13 nitrogen and oxygen atoms in total. The number of hydrogen-bond acceptors (Lipinski definition) is 11. The van der Waals surface area contributed by atoms with E-state index >= 15 is 0 Å². The van der Waals surface area contributed by atoms with Crippen molar-refractivity contribution in [3.8, 4) is 23.0 Å². The molecule has 14 heteroatoms. The summed E-state index contributed by atoms with van der Waals surface area (Å²) in [5.41, 5.74) is 13.0. The Hall–Kier alpha value is -6.73. The van der Waals surface area contributed by atoms with Crippen molar-refractivity contribution in [1.82, 2.24) is 39.5 Å². The van der Waals surface area contributed by atoms with Crippen molar-refractivity contribution in [2.24, 2.45) is 14.1 Å². The number of ether oxygens (including phenoxy) is 4. The third-order valence-corrected chi connectivity index (χ3v) is 9.20. The monoisotopic (exact) mass is 769 g/mol. The van der Waals surface area contributed by atoms with Gasteiger partial charge in [0.05, 0.1) is 10.8 Å². The number of nitrogens with two attached hydrogens (primary N) is 1. The quantitative estimate of drug-likeness (QED) is 0.121. The van der Waals surface area contributed by atoms with Crippen LogP contribution in [0.3, 0.4) is 0 Å². The summed E-state index contributed by atoms with van der Waals surface area (Å²) in [5, 5.41) is 10.7. The van der Waals surface area contributed by atoms with E-state index < -0.39 is 0 Å². The Balaban J connectivity index is 0.000000172. The molecular formula is C42H40ClN9O4. The number of fused-ring (bicyclic) bond motifs is 2. The Morgan fingerprint density at radius 2 is 1.02 bits per heavy atom. The maximum Gasteiger partial charge on any atom is 0.163 e. The van der Waals surface area contributed by atoms with E-state index in [0.717, 1.165) is 50.6 Å². The zero-order chi connectivity index (χ0) is 39.0. The predicted molar refractivity (Wildman–Crippen MR) is 215 cm³/mol. The van der Waals surface area contributed by atoms with Gasteiger partial charge in [0.2, 0.25) is 0 Å². The molecule has 8 aromatic rings. The fourth-order valence-electron chi connectivity index (χ4n) is 5.95. The number of nitrogens with zero attached hydrogens (tertiary/aromatic N) is 8. The molecule has 0 aliphatic rings. The Morgan fingerprint density at radius 3 is 1.54 bits per heavy atom. The van der Waals surface area contributed by atoms with Crippen LogP contribution in [-0.4, -0.2) is 39.5 Å². The van der Waals surface area contributed by atoms with E-state index in [1.54, 1.807) is 9.36 Å². The average Bonchev–Trinajstić information content (AvgIpc) is 3.73. The fraction of sp³-hybridized carbons (Fsp3) is 0.190. The third kappa shape index (κ3) is 8.79. The summed E-state index contributed by atoms with van der Waals surface area (Å²) in [4.78, 5) is 16.6. The second-order valence-electron chi connectivity index (χ2n) is 12.9. The zero-order valence-electron chi connectivity index (χ0n) is 31.4. The van der Waals surface area contributed by atoms with Crippen molar-refractivity contribution in [1.29, 1.82) is 0 Å². The number of rotatable bonds is 12. The summed E-state index contributed by atoms with van der Waals surface area (Å²) in [6.07, 6.45) is 2.86. The molecule has 8 rings (SSSR count). The van der Waals surface area contributed by atoms with Gasteiger partial charge in [0.15, 0.2) is 11.3 Å². The number of hydrogen-bond donors (Lipinski definition) is 1. The number of halogens is 1. The van der Waals surface area contributed by atoms with Gasteiger partial charge >= 0.3 is 0 Å². The highest BCUT2D eigenvalue weighted by atomic mass is 35.5. The first kappa shape index (κ1) is 37.6. The number of aromatic nitrogens is 8. The lowest BCUT2D eigenvalue weighted by Gasteiger charge is -2.12. The Labute approximate surface area is 328 Å². The van der Waals surface area contributed by atoms with Crippen molar-refractivity contribution in [2.45, 2.75) is 40.3 Å². The summed E-state index contributed by atoms with van der Waals surface area (Å²) < 4.78 is 27.2. The molecule has 4 heterocycles. The van der Waals surface area contributed by atoms with E-state index in [4.69, 9.17) is 36.3 Å². The maximum absolute atomic E-state index is 6.23. The molecule has 0 atom stereocenters. The highest BCUT2D eigenvalue weighted by molar-refractivity contribution is 6.34. The number of benzene rings is 4. The minimum Gasteiger partial charge on any atom is -0.489 e. The molecule has 0 fully saturated rings. The second-order valence-corrected chi connectivity index (χ2v) is 13.3. The van der Waals surface area contributed by atoms with Crippen molar-refractivity contribution in [2.75, 3.05) is 5.73 Å². The summed E-state index contributed by atoms with van der Waals surface area (Å²) in [5.74, 6) is 3.36. The van der Waals surface area contributed by atoms with Crippen LogP contribution in [0.15, 0.2) is 110 Å². The Morgan fingerprint density at radius 1 is 0.554 bits per heavy atom. The molecule has 2 N–H and O–H groups in total. The van der Waals surface area contributed by atoms with Crippen LogP contribution < -0.4 is 24.7 Å². The third-order valence-electron chi connectivity index (χ3n) is 8.91. The largest absolute Gasteiger partial charge is 0.489 e. The van der Waals surface area contributed by atoms with E-state index in [1.807, 2.05) is 125 Å². The van der Waals surface area contributed by atoms with E-state index in [9.17, 15) is 0 Å². The van der Waals surface area contributed by atoms with Gasteiger partial charge in [0.1, 0.15) is 84.4 Å². The maximum atomic E-state index is 6.23. The van der Waals surface area contributed by atoms with Gasteiger partial charge in [-0.2, -0.15) is 10.2 Å².